The van der Waals surface area contributed by atoms with Gasteiger partial charge in [-0.05, 0) is 6.07 Å². The van der Waals surface area contributed by atoms with Gasteiger partial charge in [0.1, 0.15) is 5.69 Å². The van der Waals surface area contributed by atoms with Gasteiger partial charge in [0.05, 0.1) is 18.0 Å². The number of carbonyl (C=O) groups excluding carboxylic acids is 1. The highest BCUT2D eigenvalue weighted by molar-refractivity contribution is 5.94. The number of amides is 1. The van der Waals surface area contributed by atoms with Gasteiger partial charge in [-0.3, -0.25) is 4.79 Å². The maximum atomic E-state index is 12.5. The van der Waals surface area contributed by atoms with Crippen LogP contribution in [0.5, 0.6) is 0 Å². The third-order valence-corrected chi connectivity index (χ3v) is 4.09. The van der Waals surface area contributed by atoms with Gasteiger partial charge in [0, 0.05) is 30.7 Å². The summed E-state index contributed by atoms with van der Waals surface area (Å²) < 4.78 is 6.79. The fourth-order valence-electron chi connectivity index (χ4n) is 2.63. The fraction of sp³-hybridized carbons (Fsp3) is 0.350. The molecule has 0 bridgehead atoms. The van der Waals surface area contributed by atoms with Crippen LogP contribution in [0.1, 0.15) is 37.0 Å². The Morgan fingerprint density at radius 3 is 2.58 bits per heavy atom. The van der Waals surface area contributed by atoms with Gasteiger partial charge in [0.15, 0.2) is 5.65 Å². The van der Waals surface area contributed by atoms with Gasteiger partial charge in [0.25, 0.3) is 5.91 Å². The smallest absolute Gasteiger partial charge is 0.270 e. The summed E-state index contributed by atoms with van der Waals surface area (Å²) in [4.78, 5) is 17.0. The molecule has 0 spiro atoms. The molecule has 0 aliphatic carbocycles. The minimum atomic E-state index is -0.222. The largest absolute Gasteiger partial charge is 0.383 e. The zero-order valence-corrected chi connectivity index (χ0v) is 15.6. The van der Waals surface area contributed by atoms with Crippen LogP contribution in [0, 0.1) is 0 Å². The van der Waals surface area contributed by atoms with Gasteiger partial charge in [-0.15, -0.1) is 0 Å². The van der Waals surface area contributed by atoms with Crippen molar-refractivity contribution in [1.82, 2.24) is 19.9 Å². The second-order valence-electron chi connectivity index (χ2n) is 7.19. The number of nitrogens with zero attached hydrogens (tertiary/aromatic N) is 3. The van der Waals surface area contributed by atoms with E-state index in [1.54, 1.807) is 13.2 Å². The molecule has 0 saturated heterocycles. The van der Waals surface area contributed by atoms with E-state index in [2.05, 4.69) is 31.1 Å². The lowest BCUT2D eigenvalue weighted by Crippen LogP contribution is -2.28. The van der Waals surface area contributed by atoms with Gasteiger partial charge in [-0.25, -0.2) is 9.50 Å². The number of hydrogen-bond acceptors (Lipinski definition) is 4. The summed E-state index contributed by atoms with van der Waals surface area (Å²) in [7, 11) is 1.60. The molecule has 0 atom stereocenters. The van der Waals surface area contributed by atoms with Crippen molar-refractivity contribution in [1.29, 1.82) is 0 Å². The van der Waals surface area contributed by atoms with Gasteiger partial charge >= 0.3 is 0 Å². The highest BCUT2D eigenvalue weighted by Crippen LogP contribution is 2.26. The highest BCUT2D eigenvalue weighted by Gasteiger charge is 2.21. The van der Waals surface area contributed by atoms with Crippen LogP contribution >= 0.6 is 0 Å². The Bertz CT molecular complexity index is 911. The first kappa shape index (κ1) is 18.1. The Morgan fingerprint density at radius 1 is 1.19 bits per heavy atom. The van der Waals surface area contributed by atoms with Gasteiger partial charge in [-0.2, -0.15) is 5.10 Å². The summed E-state index contributed by atoms with van der Waals surface area (Å²) in [6.45, 7) is 7.22. The van der Waals surface area contributed by atoms with Crippen molar-refractivity contribution in [2.75, 3.05) is 20.3 Å². The molecule has 2 aromatic heterocycles. The van der Waals surface area contributed by atoms with Gasteiger partial charge in [0.2, 0.25) is 0 Å². The number of benzene rings is 1. The molecular formula is C20H24N4O2. The molecule has 136 valence electrons. The Hall–Kier alpha value is -2.73. The monoisotopic (exact) mass is 352 g/mol. The molecule has 6 heteroatoms. The predicted octanol–water partition coefficient (Wildman–Crippen LogP) is 3.07. The maximum Gasteiger partial charge on any atom is 0.270 e. The lowest BCUT2D eigenvalue weighted by molar-refractivity contribution is 0.0932. The normalized spacial score (nSPS) is 11.7. The van der Waals surface area contributed by atoms with E-state index in [9.17, 15) is 4.79 Å². The molecule has 0 fully saturated rings. The van der Waals surface area contributed by atoms with E-state index in [0.29, 0.717) is 24.5 Å². The second-order valence-corrected chi connectivity index (χ2v) is 7.19. The molecule has 0 saturated carbocycles. The summed E-state index contributed by atoms with van der Waals surface area (Å²) in [5.41, 5.74) is 3.67. The van der Waals surface area contributed by atoms with Crippen molar-refractivity contribution in [3.63, 3.8) is 0 Å². The molecule has 6 nitrogen and oxygen atoms in total. The van der Waals surface area contributed by atoms with Crippen LogP contribution in [0.25, 0.3) is 16.9 Å². The van der Waals surface area contributed by atoms with Crippen LogP contribution in [-0.4, -0.2) is 40.8 Å². The van der Waals surface area contributed by atoms with Crippen LogP contribution < -0.4 is 5.32 Å². The van der Waals surface area contributed by atoms with Crippen molar-refractivity contribution < 1.29 is 9.53 Å². The number of fused-ring (bicyclic) bond motifs is 1. The number of nitrogens with one attached hydrogen (secondary N) is 1. The van der Waals surface area contributed by atoms with Crippen LogP contribution in [0.2, 0.25) is 0 Å². The highest BCUT2D eigenvalue weighted by atomic mass is 16.5. The van der Waals surface area contributed by atoms with E-state index in [-0.39, 0.29) is 11.3 Å². The van der Waals surface area contributed by atoms with Crippen molar-refractivity contribution in [3.05, 3.63) is 53.9 Å². The molecule has 3 rings (SSSR count). The third kappa shape index (κ3) is 3.75. The molecule has 2 heterocycles. The van der Waals surface area contributed by atoms with Gasteiger partial charge < -0.3 is 10.1 Å². The van der Waals surface area contributed by atoms with Crippen LogP contribution in [-0.2, 0) is 10.2 Å². The van der Waals surface area contributed by atoms with E-state index in [0.717, 1.165) is 17.0 Å². The number of rotatable bonds is 5. The Balaban J connectivity index is 2.12. The summed E-state index contributed by atoms with van der Waals surface area (Å²) in [5.74, 6) is -0.222. The minimum Gasteiger partial charge on any atom is -0.383 e. The summed E-state index contributed by atoms with van der Waals surface area (Å²) >= 11 is 0. The van der Waals surface area contributed by atoms with E-state index in [4.69, 9.17) is 9.84 Å². The first-order valence-electron chi connectivity index (χ1n) is 8.64. The molecular weight excluding hydrogens is 328 g/mol. The Morgan fingerprint density at radius 2 is 1.92 bits per heavy atom. The van der Waals surface area contributed by atoms with Crippen molar-refractivity contribution in [2.45, 2.75) is 26.2 Å². The van der Waals surface area contributed by atoms with E-state index < -0.39 is 0 Å². The first-order chi connectivity index (χ1) is 12.4. The fourth-order valence-corrected chi connectivity index (χ4v) is 2.63. The lowest BCUT2D eigenvalue weighted by atomic mass is 9.93. The van der Waals surface area contributed by atoms with E-state index in [1.807, 2.05) is 40.9 Å². The average molecular weight is 352 g/mol. The lowest BCUT2D eigenvalue weighted by Gasteiger charge is -2.13. The molecule has 0 unspecified atom stereocenters. The first-order valence-corrected chi connectivity index (χ1v) is 8.64. The van der Waals surface area contributed by atoms with Crippen molar-refractivity contribution >= 4 is 11.6 Å². The topological polar surface area (TPSA) is 68.5 Å². The molecule has 0 aliphatic heterocycles. The molecule has 1 N–H and O–H groups in total. The van der Waals surface area contributed by atoms with Gasteiger partial charge in [-0.1, -0.05) is 51.1 Å². The van der Waals surface area contributed by atoms with Crippen molar-refractivity contribution in [3.8, 4) is 11.3 Å². The zero-order chi connectivity index (χ0) is 18.7. The predicted molar refractivity (Wildman–Crippen MR) is 101 cm³/mol. The summed E-state index contributed by atoms with van der Waals surface area (Å²) in [6.07, 6.45) is 0. The maximum absolute atomic E-state index is 12.5. The van der Waals surface area contributed by atoms with E-state index in [1.165, 1.54) is 0 Å². The molecule has 1 amide bonds. The number of ether oxygens (including phenoxy) is 1. The zero-order valence-electron chi connectivity index (χ0n) is 15.6. The molecule has 0 aliphatic rings. The number of hydrogen-bond donors (Lipinski definition) is 1. The van der Waals surface area contributed by atoms with Crippen LogP contribution in [0.3, 0.4) is 0 Å². The number of methoxy groups -OCH3 is 1. The quantitative estimate of drug-likeness (QED) is 0.717. The van der Waals surface area contributed by atoms with Crippen molar-refractivity contribution in [2.24, 2.45) is 0 Å². The number of aromatic nitrogens is 3. The Labute approximate surface area is 153 Å². The standard InChI is InChI=1S/C20H24N4O2/c1-20(2,3)17-13-18-22-15(19(25)21-10-11-26-4)12-16(24(18)23-17)14-8-6-5-7-9-14/h5-9,12-13H,10-11H2,1-4H3,(H,21,25). The molecule has 1 aromatic carbocycles. The molecule has 0 radical (unpaired) electrons. The van der Waals surface area contributed by atoms with Crippen LogP contribution in [0.4, 0.5) is 0 Å². The molecule has 3 aromatic rings. The van der Waals surface area contributed by atoms with E-state index >= 15 is 0 Å². The summed E-state index contributed by atoms with van der Waals surface area (Å²) in [6, 6.07) is 13.6. The SMILES string of the molecule is COCCNC(=O)c1cc(-c2ccccc2)n2nc(C(C)(C)C)cc2n1. The van der Waals surface area contributed by atoms with Crippen LogP contribution in [0.15, 0.2) is 42.5 Å². The Kier molecular flexibility index (Phi) is 5.04. The molecule has 26 heavy (non-hydrogen) atoms. The average Bonchev–Trinajstić information content (AvgIpc) is 3.06. The second kappa shape index (κ2) is 7.25. The number of carbonyl (C=O) groups is 1. The minimum absolute atomic E-state index is 0.109. The summed E-state index contributed by atoms with van der Waals surface area (Å²) in [5, 5.41) is 7.56. The third-order valence-electron chi connectivity index (χ3n) is 4.09.